The molecule has 7 heteroatoms. The minimum absolute atomic E-state index is 0.0297. The predicted octanol–water partition coefficient (Wildman–Crippen LogP) is 3.19. The lowest BCUT2D eigenvalue weighted by Crippen LogP contribution is -2.39. The summed E-state index contributed by atoms with van der Waals surface area (Å²) in [5.41, 5.74) is 0.570. The lowest BCUT2D eigenvalue weighted by atomic mass is 9.95. The summed E-state index contributed by atoms with van der Waals surface area (Å²) >= 11 is 5.86. The van der Waals surface area contributed by atoms with Crippen molar-refractivity contribution in [2.45, 2.75) is 44.6 Å². The molecule has 2 bridgehead atoms. The van der Waals surface area contributed by atoms with Crippen molar-refractivity contribution in [2.75, 3.05) is 17.1 Å². The van der Waals surface area contributed by atoms with Gasteiger partial charge in [-0.05, 0) is 61.8 Å². The largest absolute Gasteiger partial charge is 0.353 e. The van der Waals surface area contributed by atoms with Crippen LogP contribution >= 0.6 is 11.6 Å². The molecule has 1 aromatic rings. The van der Waals surface area contributed by atoms with Crippen molar-refractivity contribution in [1.82, 2.24) is 5.32 Å². The topological polar surface area (TPSA) is 66.5 Å². The van der Waals surface area contributed by atoms with Crippen LogP contribution in [0, 0.1) is 11.8 Å². The van der Waals surface area contributed by atoms with Crippen LogP contribution in [0.5, 0.6) is 0 Å². The molecule has 5 nitrogen and oxygen atoms in total. The van der Waals surface area contributed by atoms with Crippen molar-refractivity contribution in [3.8, 4) is 0 Å². The Morgan fingerprint density at radius 3 is 2.52 bits per heavy atom. The highest BCUT2D eigenvalue weighted by molar-refractivity contribution is 7.92. The van der Waals surface area contributed by atoms with Crippen molar-refractivity contribution < 1.29 is 13.2 Å². The van der Waals surface area contributed by atoms with E-state index in [0.717, 1.165) is 12.3 Å². The third kappa shape index (κ3) is 4.67. The van der Waals surface area contributed by atoms with Gasteiger partial charge in [0.2, 0.25) is 15.9 Å². The Morgan fingerprint density at radius 1 is 1.24 bits per heavy atom. The van der Waals surface area contributed by atoms with E-state index < -0.39 is 10.0 Å². The van der Waals surface area contributed by atoms with Gasteiger partial charge < -0.3 is 5.32 Å². The molecule has 1 amide bonds. The number of nitrogens with one attached hydrogen (secondary N) is 1. The third-order valence-electron chi connectivity index (χ3n) is 5.36. The van der Waals surface area contributed by atoms with Gasteiger partial charge in [-0.15, -0.1) is 0 Å². The fourth-order valence-corrected chi connectivity index (χ4v) is 5.27. The third-order valence-corrected chi connectivity index (χ3v) is 6.81. The standard InChI is InChI=1S/C18H25ClN2O3S/c1-25(23,24)21(16-8-6-15(19)7-9-16)10-2-3-18(22)20-17-12-13-4-5-14(17)11-13/h6-9,13-14,17H,2-5,10-12H2,1H3,(H,20,22)/t13-,14-,17+/m0/s1. The molecule has 0 saturated heterocycles. The van der Waals surface area contributed by atoms with Gasteiger partial charge in [0.05, 0.1) is 11.9 Å². The van der Waals surface area contributed by atoms with Gasteiger partial charge in [0.15, 0.2) is 0 Å². The van der Waals surface area contributed by atoms with Gasteiger partial charge >= 0.3 is 0 Å². The van der Waals surface area contributed by atoms with Gasteiger partial charge in [-0.3, -0.25) is 9.10 Å². The Bertz CT molecular complexity index is 720. The summed E-state index contributed by atoms with van der Waals surface area (Å²) in [5.74, 6) is 1.47. The van der Waals surface area contributed by atoms with Gasteiger partial charge in [0.1, 0.15) is 0 Å². The first-order chi connectivity index (χ1) is 11.8. The maximum atomic E-state index is 12.2. The van der Waals surface area contributed by atoms with Crippen LogP contribution in [-0.4, -0.2) is 33.2 Å². The molecule has 138 valence electrons. The molecule has 1 aromatic carbocycles. The number of fused-ring (bicyclic) bond motifs is 2. The average Bonchev–Trinajstić information content (AvgIpc) is 3.14. The minimum Gasteiger partial charge on any atom is -0.353 e. The van der Waals surface area contributed by atoms with E-state index in [-0.39, 0.29) is 12.5 Å². The van der Waals surface area contributed by atoms with Gasteiger partial charge in [-0.25, -0.2) is 8.42 Å². The summed E-state index contributed by atoms with van der Waals surface area (Å²) < 4.78 is 25.4. The van der Waals surface area contributed by atoms with E-state index in [2.05, 4.69) is 5.32 Å². The molecule has 2 saturated carbocycles. The highest BCUT2D eigenvalue weighted by atomic mass is 35.5. The van der Waals surface area contributed by atoms with Crippen LogP contribution in [0.4, 0.5) is 5.69 Å². The quantitative estimate of drug-likeness (QED) is 0.785. The van der Waals surface area contributed by atoms with Gasteiger partial charge in [-0.1, -0.05) is 18.0 Å². The molecule has 3 atom stereocenters. The van der Waals surface area contributed by atoms with Crippen LogP contribution in [0.3, 0.4) is 0 Å². The van der Waals surface area contributed by atoms with E-state index in [1.54, 1.807) is 24.3 Å². The SMILES string of the molecule is CS(=O)(=O)N(CCCC(=O)N[C@@H]1C[C@H]2CC[C@H]1C2)c1ccc(Cl)cc1. The zero-order valence-electron chi connectivity index (χ0n) is 14.4. The summed E-state index contributed by atoms with van der Waals surface area (Å²) in [6, 6.07) is 7.01. The average molecular weight is 385 g/mol. The minimum atomic E-state index is -3.40. The summed E-state index contributed by atoms with van der Waals surface area (Å²) in [6.07, 6.45) is 6.91. The smallest absolute Gasteiger partial charge is 0.232 e. The zero-order valence-corrected chi connectivity index (χ0v) is 16.0. The number of hydrogen-bond acceptors (Lipinski definition) is 3. The molecule has 2 fully saturated rings. The molecule has 0 radical (unpaired) electrons. The Balaban J connectivity index is 1.51. The molecule has 0 heterocycles. The van der Waals surface area contributed by atoms with Crippen molar-refractivity contribution in [3.63, 3.8) is 0 Å². The second-order valence-electron chi connectivity index (χ2n) is 7.26. The van der Waals surface area contributed by atoms with Crippen molar-refractivity contribution in [2.24, 2.45) is 11.8 Å². The monoisotopic (exact) mass is 384 g/mol. The number of sulfonamides is 1. The van der Waals surface area contributed by atoms with Crippen LogP contribution < -0.4 is 9.62 Å². The Hall–Kier alpha value is -1.27. The highest BCUT2D eigenvalue weighted by Crippen LogP contribution is 2.44. The normalized spacial score (nSPS) is 25.1. The number of hydrogen-bond donors (Lipinski definition) is 1. The maximum absolute atomic E-state index is 12.2. The van der Waals surface area contributed by atoms with E-state index in [1.807, 2.05) is 0 Å². The summed E-state index contributed by atoms with van der Waals surface area (Å²) in [6.45, 7) is 0.282. The van der Waals surface area contributed by atoms with E-state index in [9.17, 15) is 13.2 Å². The number of carbonyl (C=O) groups excluding carboxylic acids is 1. The highest BCUT2D eigenvalue weighted by Gasteiger charge is 2.39. The first kappa shape index (κ1) is 18.5. The van der Waals surface area contributed by atoms with E-state index in [1.165, 1.54) is 29.8 Å². The lowest BCUT2D eigenvalue weighted by molar-refractivity contribution is -0.122. The van der Waals surface area contributed by atoms with Crippen LogP contribution in [0.2, 0.25) is 5.02 Å². The van der Waals surface area contributed by atoms with E-state index >= 15 is 0 Å². The molecule has 2 aliphatic rings. The van der Waals surface area contributed by atoms with E-state index in [4.69, 9.17) is 11.6 Å². The first-order valence-corrected chi connectivity index (χ1v) is 11.1. The fraction of sp³-hybridized carbons (Fsp3) is 0.611. The Morgan fingerprint density at radius 2 is 1.96 bits per heavy atom. The predicted molar refractivity (Wildman–Crippen MR) is 100 cm³/mol. The molecular formula is C18H25ClN2O3S. The maximum Gasteiger partial charge on any atom is 0.232 e. The number of halogens is 1. The van der Waals surface area contributed by atoms with Gasteiger partial charge in [0.25, 0.3) is 0 Å². The molecule has 0 spiro atoms. The Kier molecular flexibility index (Phi) is 5.58. The molecule has 25 heavy (non-hydrogen) atoms. The number of carbonyl (C=O) groups is 1. The summed E-state index contributed by atoms with van der Waals surface area (Å²) in [7, 11) is -3.40. The summed E-state index contributed by atoms with van der Waals surface area (Å²) in [4.78, 5) is 12.2. The first-order valence-electron chi connectivity index (χ1n) is 8.85. The molecule has 2 aliphatic carbocycles. The van der Waals surface area contributed by atoms with Gasteiger partial charge in [0, 0.05) is 24.0 Å². The molecular weight excluding hydrogens is 360 g/mol. The molecule has 0 aliphatic heterocycles. The number of rotatable bonds is 7. The van der Waals surface area contributed by atoms with Crippen LogP contribution in [0.15, 0.2) is 24.3 Å². The van der Waals surface area contributed by atoms with Crippen molar-refractivity contribution in [1.29, 1.82) is 0 Å². The van der Waals surface area contributed by atoms with Crippen molar-refractivity contribution >= 4 is 33.2 Å². The van der Waals surface area contributed by atoms with E-state index in [0.29, 0.717) is 35.5 Å². The number of benzene rings is 1. The second-order valence-corrected chi connectivity index (χ2v) is 9.61. The summed E-state index contributed by atoms with van der Waals surface area (Å²) in [5, 5.41) is 3.70. The Labute approximate surface area is 154 Å². The second kappa shape index (κ2) is 7.54. The number of anilines is 1. The lowest BCUT2D eigenvalue weighted by Gasteiger charge is -2.24. The molecule has 0 unspecified atom stereocenters. The molecule has 1 N–H and O–H groups in total. The van der Waals surface area contributed by atoms with Crippen LogP contribution in [0.1, 0.15) is 38.5 Å². The number of nitrogens with zero attached hydrogens (tertiary/aromatic N) is 1. The van der Waals surface area contributed by atoms with Gasteiger partial charge in [-0.2, -0.15) is 0 Å². The fourth-order valence-electron chi connectivity index (χ4n) is 4.18. The number of amides is 1. The van der Waals surface area contributed by atoms with Crippen LogP contribution in [0.25, 0.3) is 0 Å². The zero-order chi connectivity index (χ0) is 18.0. The van der Waals surface area contributed by atoms with Crippen molar-refractivity contribution in [3.05, 3.63) is 29.3 Å². The van der Waals surface area contributed by atoms with Crippen LogP contribution in [-0.2, 0) is 14.8 Å². The molecule has 0 aromatic heterocycles. The molecule has 3 rings (SSSR count).